The lowest BCUT2D eigenvalue weighted by Gasteiger charge is -2.34. The number of benzene rings is 1. The zero-order valence-corrected chi connectivity index (χ0v) is 11.2. The van der Waals surface area contributed by atoms with Crippen LogP contribution in [0.15, 0.2) is 12.1 Å². The van der Waals surface area contributed by atoms with Gasteiger partial charge in [-0.1, -0.05) is 0 Å². The highest BCUT2D eigenvalue weighted by Crippen LogP contribution is 2.38. The number of ether oxygens (including phenoxy) is 3. The fraction of sp³-hybridized carbons (Fsp3) is 0.571. The van der Waals surface area contributed by atoms with E-state index in [9.17, 15) is 0 Å². The molecule has 1 saturated heterocycles. The van der Waals surface area contributed by atoms with Gasteiger partial charge in [0.15, 0.2) is 0 Å². The van der Waals surface area contributed by atoms with Crippen molar-refractivity contribution in [1.29, 1.82) is 0 Å². The lowest BCUT2D eigenvalue weighted by molar-refractivity contribution is -0.0439. The molecule has 1 unspecified atom stereocenters. The standard InChI is InChI=1S/C14H21NO3/c1-9-4-14(17-3)11(5-13(9)16-2)12(6-15)10-7-18-8-10/h4-5,10,12H,6-8,15H2,1-3H3. The summed E-state index contributed by atoms with van der Waals surface area (Å²) in [6.45, 7) is 4.16. The summed E-state index contributed by atoms with van der Waals surface area (Å²) >= 11 is 0. The molecule has 0 amide bonds. The molecular weight excluding hydrogens is 230 g/mol. The van der Waals surface area contributed by atoms with Gasteiger partial charge in [0, 0.05) is 17.4 Å². The second kappa shape index (κ2) is 5.59. The number of hydrogen-bond donors (Lipinski definition) is 1. The van der Waals surface area contributed by atoms with E-state index in [1.54, 1.807) is 14.2 Å². The maximum Gasteiger partial charge on any atom is 0.122 e. The largest absolute Gasteiger partial charge is 0.496 e. The molecule has 1 aromatic rings. The number of rotatable bonds is 5. The third-order valence-electron chi connectivity index (χ3n) is 3.63. The predicted octanol–water partition coefficient (Wildman–Crippen LogP) is 1.70. The van der Waals surface area contributed by atoms with Crippen LogP contribution >= 0.6 is 0 Å². The first-order valence-corrected chi connectivity index (χ1v) is 6.21. The van der Waals surface area contributed by atoms with E-state index in [1.807, 2.05) is 19.1 Å². The maximum atomic E-state index is 5.92. The van der Waals surface area contributed by atoms with Gasteiger partial charge in [-0.05, 0) is 31.2 Å². The van der Waals surface area contributed by atoms with Crippen LogP contribution in [0.25, 0.3) is 0 Å². The van der Waals surface area contributed by atoms with Crippen molar-refractivity contribution in [2.45, 2.75) is 12.8 Å². The smallest absolute Gasteiger partial charge is 0.122 e. The molecule has 1 aliphatic heterocycles. The third kappa shape index (κ3) is 2.31. The van der Waals surface area contributed by atoms with Crippen LogP contribution in [-0.2, 0) is 4.74 Å². The Bertz CT molecular complexity index is 416. The zero-order valence-electron chi connectivity index (χ0n) is 11.2. The molecule has 2 N–H and O–H groups in total. The van der Waals surface area contributed by atoms with Gasteiger partial charge in [0.05, 0.1) is 27.4 Å². The van der Waals surface area contributed by atoms with Gasteiger partial charge in [-0.25, -0.2) is 0 Å². The van der Waals surface area contributed by atoms with Gasteiger partial charge in [0.25, 0.3) is 0 Å². The van der Waals surface area contributed by atoms with Gasteiger partial charge in [-0.15, -0.1) is 0 Å². The Hall–Kier alpha value is -1.26. The van der Waals surface area contributed by atoms with E-state index < -0.39 is 0 Å². The maximum absolute atomic E-state index is 5.92. The van der Waals surface area contributed by atoms with Crippen molar-refractivity contribution in [2.75, 3.05) is 34.0 Å². The first kappa shape index (κ1) is 13.2. The average molecular weight is 251 g/mol. The quantitative estimate of drug-likeness (QED) is 0.865. The van der Waals surface area contributed by atoms with E-state index in [-0.39, 0.29) is 5.92 Å². The summed E-state index contributed by atoms with van der Waals surface area (Å²) in [6, 6.07) is 4.06. The minimum atomic E-state index is 0.267. The number of aryl methyl sites for hydroxylation is 1. The molecule has 2 rings (SSSR count). The summed E-state index contributed by atoms with van der Waals surface area (Å²) in [6.07, 6.45) is 0. The van der Waals surface area contributed by atoms with Crippen molar-refractivity contribution >= 4 is 0 Å². The van der Waals surface area contributed by atoms with Crippen molar-refractivity contribution in [3.8, 4) is 11.5 Å². The molecule has 100 valence electrons. The minimum Gasteiger partial charge on any atom is -0.496 e. The lowest BCUT2D eigenvalue weighted by atomic mass is 9.83. The molecule has 4 nitrogen and oxygen atoms in total. The Balaban J connectivity index is 2.39. The van der Waals surface area contributed by atoms with Crippen LogP contribution in [-0.4, -0.2) is 34.0 Å². The van der Waals surface area contributed by atoms with Crippen LogP contribution in [0.4, 0.5) is 0 Å². The number of nitrogens with two attached hydrogens (primary N) is 1. The van der Waals surface area contributed by atoms with Gasteiger partial charge in [-0.2, -0.15) is 0 Å². The second-order valence-corrected chi connectivity index (χ2v) is 4.70. The first-order chi connectivity index (χ1) is 8.71. The molecule has 1 aromatic carbocycles. The van der Waals surface area contributed by atoms with E-state index in [2.05, 4.69) is 0 Å². The average Bonchev–Trinajstić information content (AvgIpc) is 2.33. The van der Waals surface area contributed by atoms with Crippen LogP contribution in [0.2, 0.25) is 0 Å². The van der Waals surface area contributed by atoms with E-state index in [0.29, 0.717) is 12.5 Å². The molecule has 0 radical (unpaired) electrons. The van der Waals surface area contributed by atoms with Gasteiger partial charge in [0.2, 0.25) is 0 Å². The van der Waals surface area contributed by atoms with E-state index in [4.69, 9.17) is 19.9 Å². The molecule has 0 aliphatic carbocycles. The molecule has 1 heterocycles. The monoisotopic (exact) mass is 251 g/mol. The highest BCUT2D eigenvalue weighted by molar-refractivity contribution is 5.48. The van der Waals surface area contributed by atoms with Gasteiger partial charge in [-0.3, -0.25) is 0 Å². The molecule has 18 heavy (non-hydrogen) atoms. The molecule has 1 aliphatic rings. The Morgan fingerprint density at radius 2 is 1.94 bits per heavy atom. The van der Waals surface area contributed by atoms with Crippen LogP contribution in [0, 0.1) is 12.8 Å². The van der Waals surface area contributed by atoms with Crippen LogP contribution in [0.1, 0.15) is 17.0 Å². The van der Waals surface area contributed by atoms with Crippen molar-refractivity contribution in [2.24, 2.45) is 11.7 Å². The molecule has 4 heteroatoms. The van der Waals surface area contributed by atoms with Crippen LogP contribution < -0.4 is 15.2 Å². The normalized spacial score (nSPS) is 17.1. The minimum absolute atomic E-state index is 0.267. The molecule has 1 fully saturated rings. The Kier molecular flexibility index (Phi) is 4.09. The van der Waals surface area contributed by atoms with Crippen molar-refractivity contribution in [3.63, 3.8) is 0 Å². The Labute approximate surface area is 108 Å². The molecule has 0 spiro atoms. The Morgan fingerprint density at radius 3 is 2.39 bits per heavy atom. The van der Waals surface area contributed by atoms with E-state index >= 15 is 0 Å². The highest BCUT2D eigenvalue weighted by Gasteiger charge is 2.31. The van der Waals surface area contributed by atoms with Gasteiger partial charge < -0.3 is 19.9 Å². The van der Waals surface area contributed by atoms with Gasteiger partial charge >= 0.3 is 0 Å². The fourth-order valence-electron chi connectivity index (χ4n) is 2.42. The summed E-state index contributed by atoms with van der Waals surface area (Å²) in [5.74, 6) is 2.51. The van der Waals surface area contributed by atoms with Crippen molar-refractivity contribution < 1.29 is 14.2 Å². The van der Waals surface area contributed by atoms with E-state index in [1.165, 1.54) is 0 Å². The first-order valence-electron chi connectivity index (χ1n) is 6.21. The fourth-order valence-corrected chi connectivity index (χ4v) is 2.42. The van der Waals surface area contributed by atoms with E-state index in [0.717, 1.165) is 35.8 Å². The highest BCUT2D eigenvalue weighted by atomic mass is 16.5. The number of hydrogen-bond acceptors (Lipinski definition) is 4. The predicted molar refractivity (Wildman–Crippen MR) is 70.4 cm³/mol. The van der Waals surface area contributed by atoms with Crippen LogP contribution in [0.5, 0.6) is 11.5 Å². The SMILES string of the molecule is COc1cc(C(CN)C2COC2)c(OC)cc1C. The summed E-state index contributed by atoms with van der Waals surface area (Å²) < 4.78 is 16.1. The Morgan fingerprint density at radius 1 is 1.28 bits per heavy atom. The summed E-state index contributed by atoms with van der Waals surface area (Å²) in [4.78, 5) is 0. The second-order valence-electron chi connectivity index (χ2n) is 4.70. The molecule has 1 atom stereocenters. The van der Waals surface area contributed by atoms with Crippen molar-refractivity contribution in [1.82, 2.24) is 0 Å². The molecule has 0 aromatic heterocycles. The summed E-state index contributed by atoms with van der Waals surface area (Å²) in [7, 11) is 3.37. The van der Waals surface area contributed by atoms with Crippen molar-refractivity contribution in [3.05, 3.63) is 23.3 Å². The number of methoxy groups -OCH3 is 2. The van der Waals surface area contributed by atoms with Crippen LogP contribution in [0.3, 0.4) is 0 Å². The third-order valence-corrected chi connectivity index (χ3v) is 3.63. The molecule has 0 saturated carbocycles. The topological polar surface area (TPSA) is 53.7 Å². The zero-order chi connectivity index (χ0) is 13.1. The summed E-state index contributed by atoms with van der Waals surface area (Å²) in [5.41, 5.74) is 8.11. The molecule has 0 bridgehead atoms. The lowest BCUT2D eigenvalue weighted by Crippen LogP contribution is -2.36. The van der Waals surface area contributed by atoms with Gasteiger partial charge in [0.1, 0.15) is 11.5 Å². The molecular formula is C14H21NO3. The summed E-state index contributed by atoms with van der Waals surface area (Å²) in [5, 5.41) is 0.